The minimum absolute atomic E-state index is 0. The second-order valence-corrected chi connectivity index (χ2v) is 12.6. The molecule has 0 fully saturated rings. The van der Waals surface area contributed by atoms with Crippen molar-refractivity contribution in [1.82, 2.24) is 14.5 Å². The van der Waals surface area contributed by atoms with Gasteiger partial charge in [-0.25, -0.2) is 0 Å². The minimum Gasteiger partial charge on any atom is -0.497 e. The molecular weight excluding hydrogens is 825 g/mol. The van der Waals surface area contributed by atoms with Gasteiger partial charge in [0.25, 0.3) is 0 Å². The van der Waals surface area contributed by atoms with Crippen LogP contribution in [0.1, 0.15) is 5.56 Å². The number of pyridine rings is 1. The largest absolute Gasteiger partial charge is 0.497 e. The van der Waals surface area contributed by atoms with E-state index in [1.807, 2.05) is 117 Å². The number of nitrogens with zero attached hydrogens (tertiary/aromatic N) is 4. The van der Waals surface area contributed by atoms with Gasteiger partial charge in [0.05, 0.1) is 33.8 Å². The number of imidazole rings is 1. The number of aryl methyl sites for hydroxylation is 2. The molecule has 8 heteroatoms. The fourth-order valence-corrected chi connectivity index (χ4v) is 6.97. The van der Waals surface area contributed by atoms with Crippen molar-refractivity contribution in [2.75, 3.05) is 4.90 Å². The number of ether oxygens (including phenoxy) is 2. The number of furan rings is 1. The molecule has 52 heavy (non-hydrogen) atoms. The summed E-state index contributed by atoms with van der Waals surface area (Å²) in [5.41, 5.74) is 10.1. The molecule has 6 aromatic carbocycles. The van der Waals surface area contributed by atoms with E-state index in [0.29, 0.717) is 16.9 Å². The van der Waals surface area contributed by atoms with Gasteiger partial charge in [-0.05, 0) is 60.6 Å². The van der Waals surface area contributed by atoms with Gasteiger partial charge in [0.15, 0.2) is 28.6 Å². The topological polar surface area (TPSA) is 65.5 Å². The van der Waals surface area contributed by atoms with Gasteiger partial charge in [-0.3, -0.25) is 9.88 Å². The molecule has 5 heterocycles. The van der Waals surface area contributed by atoms with Gasteiger partial charge in [0, 0.05) is 38.7 Å². The van der Waals surface area contributed by atoms with Crippen LogP contribution in [0.4, 0.5) is 17.1 Å². The summed E-state index contributed by atoms with van der Waals surface area (Å²) in [6.07, 6.45) is 1.87. The first-order valence-electron chi connectivity index (χ1n) is 16.7. The molecule has 7 nitrogen and oxygen atoms in total. The summed E-state index contributed by atoms with van der Waals surface area (Å²) in [6.45, 7) is 2.03. The molecule has 0 saturated carbocycles. The Labute approximate surface area is 313 Å². The van der Waals surface area contributed by atoms with Crippen LogP contribution in [-0.4, -0.2) is 14.5 Å². The summed E-state index contributed by atoms with van der Waals surface area (Å²) in [6, 6.07) is 48.7. The quantitative estimate of drug-likeness (QED) is 0.161. The predicted molar refractivity (Wildman–Crippen MR) is 200 cm³/mol. The number of para-hydroxylation sites is 6. The summed E-state index contributed by atoms with van der Waals surface area (Å²) >= 11 is 0. The first kappa shape index (κ1) is 31.7. The maximum absolute atomic E-state index is 6.67. The van der Waals surface area contributed by atoms with Crippen LogP contribution >= 0.6 is 0 Å². The first-order valence-corrected chi connectivity index (χ1v) is 16.7. The Kier molecular flexibility index (Phi) is 7.65. The molecule has 9 aromatic rings. The van der Waals surface area contributed by atoms with Crippen LogP contribution in [0.3, 0.4) is 0 Å². The van der Waals surface area contributed by atoms with Crippen LogP contribution in [0.15, 0.2) is 138 Å². The van der Waals surface area contributed by atoms with Crippen molar-refractivity contribution in [1.29, 1.82) is 0 Å². The van der Waals surface area contributed by atoms with Crippen LogP contribution < -0.4 is 14.4 Å². The SMILES string of the molecule is Cc1ccc(-c2[c-]cccc2)nc1.Cn1c(-c2[c-]ccc3c2oc2c4c5c(cc23)Oc2ccccc2N5c2ccccc2O4)nc2ccccc21.[Ir]. The Morgan fingerprint density at radius 1 is 0.673 bits per heavy atom. The monoisotopic (exact) mass is 853 g/mol. The molecule has 0 atom stereocenters. The zero-order valence-corrected chi connectivity index (χ0v) is 30.4. The van der Waals surface area contributed by atoms with Gasteiger partial charge in [0.2, 0.25) is 0 Å². The summed E-state index contributed by atoms with van der Waals surface area (Å²) < 4.78 is 21.8. The van der Waals surface area contributed by atoms with E-state index in [4.69, 9.17) is 18.9 Å². The molecule has 0 unspecified atom stereocenters. The zero-order valence-electron chi connectivity index (χ0n) is 28.0. The predicted octanol–water partition coefficient (Wildman–Crippen LogP) is 11.5. The van der Waals surface area contributed by atoms with Gasteiger partial charge < -0.3 is 23.4 Å². The van der Waals surface area contributed by atoms with Gasteiger partial charge in [-0.2, -0.15) is 0 Å². The molecule has 0 N–H and O–H groups in total. The molecule has 1 radical (unpaired) electrons. The Hall–Kier alpha value is -6.21. The molecule has 2 aliphatic rings. The molecule has 0 aliphatic carbocycles. The Balaban J connectivity index is 0.000000219. The Bertz CT molecular complexity index is 2780. The number of benzene rings is 6. The molecule has 0 spiro atoms. The fraction of sp³-hybridized carbons (Fsp3) is 0.0455. The summed E-state index contributed by atoms with van der Waals surface area (Å²) in [5, 5.41) is 1.87. The van der Waals surface area contributed by atoms with Crippen molar-refractivity contribution in [3.05, 3.63) is 151 Å². The Morgan fingerprint density at radius 3 is 2.17 bits per heavy atom. The van der Waals surface area contributed by atoms with Crippen molar-refractivity contribution in [3.8, 4) is 45.6 Å². The molecule has 0 amide bonds. The third kappa shape index (κ3) is 4.99. The smallest absolute Gasteiger partial charge is 0.197 e. The van der Waals surface area contributed by atoms with Crippen LogP contribution in [0.5, 0.6) is 23.0 Å². The van der Waals surface area contributed by atoms with Crippen LogP contribution in [0.2, 0.25) is 0 Å². The second-order valence-electron chi connectivity index (χ2n) is 12.6. The van der Waals surface area contributed by atoms with E-state index in [1.54, 1.807) is 0 Å². The standard InChI is InChI=1S/C32H18N3O3.C12H10N.Ir/c1-34-22-12-3-2-11-21(22)33-32(34)19-10-8-9-18-20-17-27-28-31(30(20)38-29(18)19)37-26-16-7-5-14-24(26)35(28)23-13-4-6-15-25(23)36-27;1-10-7-8-12(13-9-10)11-5-3-2-4-6-11;/h2-9,11-17H,1H3;2-5,7-9H,1H3;/q2*-1;. The van der Waals surface area contributed by atoms with Gasteiger partial charge in [-0.15, -0.1) is 54.1 Å². The van der Waals surface area contributed by atoms with Crippen molar-refractivity contribution in [2.24, 2.45) is 7.05 Å². The van der Waals surface area contributed by atoms with E-state index < -0.39 is 0 Å². The van der Waals surface area contributed by atoms with E-state index in [2.05, 4.69) is 56.9 Å². The van der Waals surface area contributed by atoms with E-state index in [0.717, 1.165) is 78.8 Å². The van der Waals surface area contributed by atoms with Crippen LogP contribution in [0, 0.1) is 19.1 Å². The van der Waals surface area contributed by atoms with Crippen LogP contribution in [-0.2, 0) is 27.2 Å². The van der Waals surface area contributed by atoms with E-state index in [9.17, 15) is 0 Å². The molecule has 0 saturated heterocycles. The number of aromatic nitrogens is 3. The number of hydrogen-bond acceptors (Lipinski definition) is 6. The van der Waals surface area contributed by atoms with Gasteiger partial charge in [0.1, 0.15) is 5.69 Å². The number of fused-ring (bicyclic) bond motifs is 9. The summed E-state index contributed by atoms with van der Waals surface area (Å²) in [4.78, 5) is 11.4. The van der Waals surface area contributed by atoms with E-state index in [1.165, 1.54) is 5.56 Å². The maximum atomic E-state index is 6.67. The summed E-state index contributed by atoms with van der Waals surface area (Å²) in [5.74, 6) is 3.71. The van der Waals surface area contributed by atoms with Gasteiger partial charge in [-0.1, -0.05) is 59.5 Å². The normalized spacial score (nSPS) is 12.2. The summed E-state index contributed by atoms with van der Waals surface area (Å²) in [7, 11) is 2.02. The average Bonchev–Trinajstić information content (AvgIpc) is 3.73. The molecule has 3 aromatic heterocycles. The van der Waals surface area contributed by atoms with Crippen molar-refractivity contribution in [3.63, 3.8) is 0 Å². The van der Waals surface area contributed by atoms with Crippen molar-refractivity contribution < 1.29 is 34.0 Å². The molecule has 11 rings (SSSR count). The van der Waals surface area contributed by atoms with Crippen molar-refractivity contribution in [2.45, 2.75) is 6.92 Å². The first-order chi connectivity index (χ1) is 25.1. The molecular formula is C44H28IrN4O3-2. The second kappa shape index (κ2) is 12.5. The van der Waals surface area contributed by atoms with E-state index in [-0.39, 0.29) is 20.1 Å². The minimum atomic E-state index is 0. The molecule has 2 aliphatic heterocycles. The third-order valence-corrected chi connectivity index (χ3v) is 9.39. The van der Waals surface area contributed by atoms with Crippen molar-refractivity contribution >= 4 is 50.0 Å². The Morgan fingerprint density at radius 2 is 1.42 bits per heavy atom. The number of hydrogen-bond donors (Lipinski definition) is 0. The fourth-order valence-electron chi connectivity index (χ4n) is 6.97. The van der Waals surface area contributed by atoms with Gasteiger partial charge >= 0.3 is 0 Å². The maximum Gasteiger partial charge on any atom is 0.197 e. The molecule has 0 bridgehead atoms. The number of anilines is 3. The van der Waals surface area contributed by atoms with E-state index >= 15 is 0 Å². The third-order valence-electron chi connectivity index (χ3n) is 9.39. The molecule has 253 valence electrons. The zero-order chi connectivity index (χ0) is 34.1. The van der Waals surface area contributed by atoms with Crippen LogP contribution in [0.25, 0.3) is 55.6 Å². The average molecular weight is 853 g/mol. The number of rotatable bonds is 2.